The van der Waals surface area contributed by atoms with Gasteiger partial charge in [-0.2, -0.15) is 0 Å². The number of fused-ring (bicyclic) bond motifs is 2. The Bertz CT molecular complexity index is 815. The highest BCUT2D eigenvalue weighted by Gasteiger charge is 2.63. The van der Waals surface area contributed by atoms with Crippen LogP contribution in [0, 0.1) is 5.92 Å². The van der Waals surface area contributed by atoms with Crippen LogP contribution < -0.4 is 10.6 Å². The fourth-order valence-corrected chi connectivity index (χ4v) is 5.29. The smallest absolute Gasteiger partial charge is 0.239 e. The second-order valence-electron chi connectivity index (χ2n) is 9.26. The Morgan fingerprint density at radius 1 is 1.24 bits per heavy atom. The molecule has 2 saturated heterocycles. The molecule has 1 aromatic rings. The molecule has 1 amide bonds. The number of amides is 1. The topological polar surface area (TPSA) is 142 Å². The molecule has 33 heavy (non-hydrogen) atoms. The van der Waals surface area contributed by atoms with Crippen LogP contribution in [0.2, 0.25) is 0 Å². The lowest BCUT2D eigenvalue weighted by molar-refractivity contribution is -0.450. The lowest BCUT2D eigenvalue weighted by Gasteiger charge is -2.58. The van der Waals surface area contributed by atoms with Gasteiger partial charge in [0.15, 0.2) is 0 Å². The summed E-state index contributed by atoms with van der Waals surface area (Å²) in [6.07, 6.45) is -1.82. The molecule has 1 saturated carbocycles. The van der Waals surface area contributed by atoms with Crippen LogP contribution >= 0.6 is 0 Å². The number of hydrogen-bond acceptors (Lipinski definition) is 9. The molecule has 184 valence electrons. The molecule has 10 heteroatoms. The molecule has 5 N–H and O–H groups in total. The zero-order valence-corrected chi connectivity index (χ0v) is 19.3. The van der Waals surface area contributed by atoms with Crippen LogP contribution in [0.1, 0.15) is 38.8 Å². The summed E-state index contributed by atoms with van der Waals surface area (Å²) in [6, 6.07) is 4.17. The summed E-state index contributed by atoms with van der Waals surface area (Å²) < 4.78 is 18.1. The first-order chi connectivity index (χ1) is 15.8. The Morgan fingerprint density at radius 3 is 2.70 bits per heavy atom. The predicted octanol–water partition coefficient (Wildman–Crippen LogP) is -0.544. The molecule has 3 unspecified atom stereocenters. The summed E-state index contributed by atoms with van der Waals surface area (Å²) in [6.45, 7) is 3.72. The molecular weight excluding hydrogens is 430 g/mol. The van der Waals surface area contributed by atoms with E-state index < -0.39 is 54.5 Å². The van der Waals surface area contributed by atoms with E-state index in [-0.39, 0.29) is 18.4 Å². The molecule has 3 aliphatic rings. The monoisotopic (exact) mass is 465 g/mol. The van der Waals surface area contributed by atoms with Gasteiger partial charge in [-0.05, 0) is 45.4 Å². The Morgan fingerprint density at radius 2 is 2.03 bits per heavy atom. The van der Waals surface area contributed by atoms with E-state index in [0.29, 0.717) is 19.3 Å². The van der Waals surface area contributed by atoms with Gasteiger partial charge in [-0.15, -0.1) is 0 Å². The molecule has 0 spiro atoms. The zero-order valence-electron chi connectivity index (χ0n) is 19.3. The van der Waals surface area contributed by atoms with Crippen molar-refractivity contribution < 1.29 is 34.3 Å². The molecule has 10 atom stereocenters. The second kappa shape index (κ2) is 9.91. The van der Waals surface area contributed by atoms with Crippen molar-refractivity contribution in [3.05, 3.63) is 30.1 Å². The maximum absolute atomic E-state index is 12.7. The van der Waals surface area contributed by atoms with Gasteiger partial charge in [-0.25, -0.2) is 0 Å². The number of aliphatic hydroxyl groups excluding tert-OH is 2. The van der Waals surface area contributed by atoms with E-state index in [0.717, 1.165) is 5.69 Å². The van der Waals surface area contributed by atoms with Crippen molar-refractivity contribution in [1.29, 1.82) is 0 Å². The molecule has 0 aromatic carbocycles. The average Bonchev–Trinajstić information content (AvgIpc) is 2.79. The van der Waals surface area contributed by atoms with Crippen molar-refractivity contribution in [2.24, 2.45) is 5.92 Å². The third-order valence-electron chi connectivity index (χ3n) is 7.10. The highest BCUT2D eigenvalue weighted by Crippen LogP contribution is 2.43. The summed E-state index contributed by atoms with van der Waals surface area (Å²) in [7, 11) is 1.69. The quantitative estimate of drug-likeness (QED) is 0.374. The number of rotatable bonds is 6. The number of carbonyl (C=O) groups excluding carboxylic acids is 1. The molecule has 0 radical (unpaired) electrons. The van der Waals surface area contributed by atoms with Crippen molar-refractivity contribution in [2.45, 2.75) is 94.2 Å². The predicted molar refractivity (Wildman–Crippen MR) is 117 cm³/mol. The first kappa shape index (κ1) is 24.5. The van der Waals surface area contributed by atoms with Gasteiger partial charge in [-0.3, -0.25) is 9.78 Å². The first-order valence-electron chi connectivity index (χ1n) is 11.7. The van der Waals surface area contributed by atoms with E-state index in [1.165, 1.54) is 0 Å². The summed E-state index contributed by atoms with van der Waals surface area (Å²) in [5.74, 6) is -2.64. The SMILES string of the molecule is CC[C@@H]1[C@H](O)[C@H](NC)C2O[C@]3(O)C(OC2[C@H]1O)O[C@H](C)C[C@H]3NC(=O)CCc1ccccn1. The first-order valence-corrected chi connectivity index (χ1v) is 11.7. The van der Waals surface area contributed by atoms with Gasteiger partial charge in [0.05, 0.1) is 30.4 Å². The van der Waals surface area contributed by atoms with Gasteiger partial charge >= 0.3 is 0 Å². The number of pyridine rings is 1. The maximum atomic E-state index is 12.7. The summed E-state index contributed by atoms with van der Waals surface area (Å²) in [5, 5.41) is 39.2. The fourth-order valence-electron chi connectivity index (χ4n) is 5.29. The standard InChI is InChI=1S/C23H35N3O7/c1-4-14-18(28)17(24-3)20-21(19(14)29)32-22-23(30,33-20)15(11-12(2)31-22)26-16(27)9-8-13-7-5-6-10-25-13/h5-7,10,12,14-15,17-22,24,28-30H,4,8-9,11H2,1-3H3,(H,26,27)/t12-,14-,15-,17+,18+,19+,20?,21?,22?,23+/m1/s1. The van der Waals surface area contributed by atoms with Crippen LogP contribution in [-0.2, 0) is 25.4 Å². The van der Waals surface area contributed by atoms with Crippen molar-refractivity contribution >= 4 is 5.91 Å². The van der Waals surface area contributed by atoms with Crippen LogP contribution in [-0.4, -0.2) is 87.9 Å². The highest BCUT2D eigenvalue weighted by atomic mass is 16.8. The number of likely N-dealkylation sites (N-methyl/N-ethyl adjacent to an activating group) is 1. The van der Waals surface area contributed by atoms with Gasteiger partial charge < -0.3 is 40.2 Å². The molecule has 3 fully saturated rings. The molecule has 3 heterocycles. The van der Waals surface area contributed by atoms with E-state index in [4.69, 9.17) is 14.2 Å². The summed E-state index contributed by atoms with van der Waals surface area (Å²) >= 11 is 0. The maximum Gasteiger partial charge on any atom is 0.239 e. The van der Waals surface area contributed by atoms with Gasteiger partial charge in [0.2, 0.25) is 18.0 Å². The summed E-state index contributed by atoms with van der Waals surface area (Å²) in [4.78, 5) is 16.9. The van der Waals surface area contributed by atoms with Crippen molar-refractivity contribution in [3.63, 3.8) is 0 Å². The van der Waals surface area contributed by atoms with Crippen LogP contribution in [0.4, 0.5) is 0 Å². The third kappa shape index (κ3) is 4.66. The Balaban J connectivity index is 1.51. The number of aryl methyl sites for hydroxylation is 1. The lowest BCUT2D eigenvalue weighted by atomic mass is 9.74. The third-order valence-corrected chi connectivity index (χ3v) is 7.10. The normalized spacial score (nSPS) is 42.8. The minimum atomic E-state index is -1.97. The molecule has 2 aliphatic heterocycles. The van der Waals surface area contributed by atoms with Gasteiger partial charge in [0.25, 0.3) is 0 Å². The fraction of sp³-hybridized carbons (Fsp3) is 0.739. The van der Waals surface area contributed by atoms with Crippen LogP contribution in [0.15, 0.2) is 24.4 Å². The molecule has 1 aliphatic carbocycles. The van der Waals surface area contributed by atoms with E-state index in [9.17, 15) is 20.1 Å². The number of aromatic nitrogens is 1. The number of aliphatic hydroxyl groups is 3. The van der Waals surface area contributed by atoms with Crippen molar-refractivity contribution in [3.8, 4) is 0 Å². The molecule has 1 aromatic heterocycles. The van der Waals surface area contributed by atoms with Crippen LogP contribution in [0.5, 0.6) is 0 Å². The van der Waals surface area contributed by atoms with Crippen molar-refractivity contribution in [2.75, 3.05) is 7.05 Å². The van der Waals surface area contributed by atoms with E-state index in [2.05, 4.69) is 15.6 Å². The van der Waals surface area contributed by atoms with Crippen LogP contribution in [0.3, 0.4) is 0 Å². The Kier molecular flexibility index (Phi) is 7.35. The number of ether oxygens (including phenoxy) is 3. The number of nitrogens with one attached hydrogen (secondary N) is 2. The molecule has 4 rings (SSSR count). The molecule has 0 bridgehead atoms. The van der Waals surface area contributed by atoms with E-state index >= 15 is 0 Å². The van der Waals surface area contributed by atoms with Gasteiger partial charge in [0, 0.05) is 24.2 Å². The van der Waals surface area contributed by atoms with Gasteiger partial charge in [0.1, 0.15) is 12.2 Å². The number of carbonyl (C=O) groups is 1. The second-order valence-corrected chi connectivity index (χ2v) is 9.26. The number of nitrogens with zero attached hydrogens (tertiary/aromatic N) is 1. The Labute approximate surface area is 193 Å². The largest absolute Gasteiger partial charge is 0.391 e. The Hall–Kier alpha value is -1.66. The van der Waals surface area contributed by atoms with E-state index in [1.54, 1.807) is 13.2 Å². The lowest BCUT2D eigenvalue weighted by Crippen LogP contribution is -2.77. The van der Waals surface area contributed by atoms with Crippen LogP contribution in [0.25, 0.3) is 0 Å². The average molecular weight is 466 g/mol. The minimum Gasteiger partial charge on any atom is -0.391 e. The van der Waals surface area contributed by atoms with Gasteiger partial charge in [-0.1, -0.05) is 13.0 Å². The minimum absolute atomic E-state index is 0.200. The molecule has 10 nitrogen and oxygen atoms in total. The molecular formula is C23H35N3O7. The van der Waals surface area contributed by atoms with Crippen molar-refractivity contribution in [1.82, 2.24) is 15.6 Å². The van der Waals surface area contributed by atoms with E-state index in [1.807, 2.05) is 32.0 Å². The zero-order chi connectivity index (χ0) is 23.8. The highest BCUT2D eigenvalue weighted by molar-refractivity contribution is 5.76. The number of hydrogen-bond donors (Lipinski definition) is 5. The summed E-state index contributed by atoms with van der Waals surface area (Å²) in [5.41, 5.74) is 0.803.